The molecular weight excluding hydrogens is 604 g/mol. The minimum absolute atomic E-state index is 0.0938. The zero-order chi connectivity index (χ0) is 33.3. The van der Waals surface area contributed by atoms with Crippen molar-refractivity contribution in [2.45, 2.75) is 0 Å². The number of hydrogen-bond donors (Lipinski definition) is 0. The van der Waals surface area contributed by atoms with E-state index in [-0.39, 0.29) is 13.6 Å². The number of aromatic nitrogens is 2. The average Bonchev–Trinajstić information content (AvgIpc) is 3.15. The van der Waals surface area contributed by atoms with E-state index < -0.39 is 0 Å². The molecule has 0 amide bonds. The Labute approximate surface area is 280 Å². The lowest BCUT2D eigenvalue weighted by atomic mass is 9.88. The number of benzene rings is 4. The van der Waals surface area contributed by atoms with Crippen molar-refractivity contribution in [2.24, 2.45) is 0 Å². The summed E-state index contributed by atoms with van der Waals surface area (Å²) in [5, 5.41) is 0. The number of methoxy groups -OCH3 is 4. The predicted molar refractivity (Wildman–Crippen MR) is 187 cm³/mol. The van der Waals surface area contributed by atoms with Crippen LogP contribution in [0.2, 0.25) is 0 Å². The summed E-state index contributed by atoms with van der Waals surface area (Å²) in [6.07, 6.45) is 3.60. The van der Waals surface area contributed by atoms with E-state index in [0.29, 0.717) is 23.0 Å². The Morgan fingerprint density at radius 3 is 1.17 bits per heavy atom. The summed E-state index contributed by atoms with van der Waals surface area (Å²) < 4.78 is 34.1. The first-order valence-corrected chi connectivity index (χ1v) is 15.4. The highest BCUT2D eigenvalue weighted by Gasteiger charge is 2.23. The molecule has 8 heteroatoms. The summed E-state index contributed by atoms with van der Waals surface area (Å²) in [5.74, 6) is 2.59. The van der Waals surface area contributed by atoms with Gasteiger partial charge in [-0.2, -0.15) is 0 Å². The van der Waals surface area contributed by atoms with Crippen molar-refractivity contribution in [3.05, 3.63) is 122 Å². The molecule has 0 aliphatic heterocycles. The highest BCUT2D eigenvalue weighted by Crippen LogP contribution is 2.47. The molecule has 0 saturated heterocycles. The highest BCUT2D eigenvalue weighted by atomic mass is 16.7. The van der Waals surface area contributed by atoms with Gasteiger partial charge in [0.05, 0.1) is 36.7 Å². The van der Waals surface area contributed by atoms with Crippen molar-refractivity contribution < 1.29 is 28.4 Å². The van der Waals surface area contributed by atoms with Gasteiger partial charge >= 0.3 is 0 Å². The topological polar surface area (TPSA) is 81.2 Å². The van der Waals surface area contributed by atoms with E-state index in [1.54, 1.807) is 40.8 Å². The van der Waals surface area contributed by atoms with E-state index in [0.717, 1.165) is 55.9 Å². The highest BCUT2D eigenvalue weighted by molar-refractivity contribution is 5.98. The van der Waals surface area contributed by atoms with Crippen LogP contribution in [0.4, 0.5) is 0 Å². The van der Waals surface area contributed by atoms with Crippen molar-refractivity contribution in [3.63, 3.8) is 0 Å². The minimum Gasteiger partial charge on any atom is -0.496 e. The molecule has 0 fully saturated rings. The number of pyridine rings is 2. The molecule has 2 heterocycles. The lowest BCUT2D eigenvalue weighted by Crippen LogP contribution is -2.03. The molecular formula is C40H36N2O6. The third-order valence-electron chi connectivity index (χ3n) is 7.89. The SMILES string of the molecule is COCOc1cccc(OC)c1-c1cccnc1-c1ccccc1-c1ccccc1-c1ncccc1-c1c(OC)cccc1OCOC. The molecule has 0 N–H and O–H groups in total. The molecule has 48 heavy (non-hydrogen) atoms. The van der Waals surface area contributed by atoms with Crippen LogP contribution in [-0.4, -0.2) is 52.0 Å². The lowest BCUT2D eigenvalue weighted by molar-refractivity contribution is 0.0512. The first-order chi connectivity index (χ1) is 23.7. The molecule has 2 aromatic heterocycles. The van der Waals surface area contributed by atoms with Gasteiger partial charge in [-0.25, -0.2) is 0 Å². The zero-order valence-electron chi connectivity index (χ0n) is 27.3. The summed E-state index contributed by atoms with van der Waals surface area (Å²) >= 11 is 0. The fourth-order valence-corrected chi connectivity index (χ4v) is 5.87. The molecule has 0 unspecified atom stereocenters. The maximum atomic E-state index is 6.01. The first kappa shape index (κ1) is 32.2. The van der Waals surface area contributed by atoms with Gasteiger partial charge in [0.1, 0.15) is 23.0 Å². The van der Waals surface area contributed by atoms with Crippen LogP contribution in [0.5, 0.6) is 23.0 Å². The fraction of sp³-hybridized carbons (Fsp3) is 0.150. The Bertz CT molecular complexity index is 1870. The van der Waals surface area contributed by atoms with Gasteiger partial charge in [0.15, 0.2) is 13.6 Å². The van der Waals surface area contributed by atoms with E-state index in [1.165, 1.54) is 0 Å². The van der Waals surface area contributed by atoms with Gasteiger partial charge in [-0.1, -0.05) is 72.8 Å². The van der Waals surface area contributed by atoms with E-state index in [1.807, 2.05) is 84.9 Å². The van der Waals surface area contributed by atoms with Crippen LogP contribution in [0.1, 0.15) is 0 Å². The van der Waals surface area contributed by atoms with E-state index in [4.69, 9.17) is 38.4 Å². The summed E-state index contributed by atoms with van der Waals surface area (Å²) in [6.45, 7) is 0.188. The van der Waals surface area contributed by atoms with E-state index >= 15 is 0 Å². The summed E-state index contributed by atoms with van der Waals surface area (Å²) in [6, 6.07) is 35.8. The third-order valence-corrected chi connectivity index (χ3v) is 7.89. The second-order valence-corrected chi connectivity index (χ2v) is 10.7. The van der Waals surface area contributed by atoms with Gasteiger partial charge in [-0.3, -0.25) is 9.97 Å². The summed E-state index contributed by atoms with van der Waals surface area (Å²) in [7, 11) is 6.49. The van der Waals surface area contributed by atoms with Crippen molar-refractivity contribution in [3.8, 4) is 78.9 Å². The monoisotopic (exact) mass is 640 g/mol. The normalized spacial score (nSPS) is 10.8. The molecule has 8 nitrogen and oxygen atoms in total. The molecule has 6 rings (SSSR count). The van der Waals surface area contributed by atoms with Crippen LogP contribution in [0, 0.1) is 0 Å². The Balaban J connectivity index is 1.56. The third kappa shape index (κ3) is 6.44. The van der Waals surface area contributed by atoms with Crippen LogP contribution >= 0.6 is 0 Å². The molecule has 4 aromatic carbocycles. The second kappa shape index (κ2) is 15.3. The van der Waals surface area contributed by atoms with Crippen molar-refractivity contribution in [1.82, 2.24) is 9.97 Å². The summed E-state index contributed by atoms with van der Waals surface area (Å²) in [4.78, 5) is 9.87. The van der Waals surface area contributed by atoms with Crippen molar-refractivity contribution >= 4 is 0 Å². The molecule has 0 aliphatic rings. The maximum Gasteiger partial charge on any atom is 0.188 e. The molecule has 242 valence electrons. The summed E-state index contributed by atoms with van der Waals surface area (Å²) in [5.41, 5.74) is 8.67. The van der Waals surface area contributed by atoms with Crippen LogP contribution in [-0.2, 0) is 9.47 Å². The Morgan fingerprint density at radius 1 is 0.396 bits per heavy atom. The van der Waals surface area contributed by atoms with E-state index in [2.05, 4.69) is 24.3 Å². The van der Waals surface area contributed by atoms with Crippen molar-refractivity contribution in [2.75, 3.05) is 42.0 Å². The molecule has 0 spiro atoms. The lowest BCUT2D eigenvalue weighted by Gasteiger charge is -2.20. The predicted octanol–water partition coefficient (Wildman–Crippen LogP) is 8.79. The van der Waals surface area contributed by atoms with Crippen molar-refractivity contribution in [1.29, 1.82) is 0 Å². The van der Waals surface area contributed by atoms with Gasteiger partial charge < -0.3 is 28.4 Å². The standard InChI is InChI=1S/C40H36N2O6/c1-43-25-47-35-21-9-19-33(45-3)37(35)31-17-11-23-41-39(31)29-15-7-5-13-27(29)28-14-6-8-16-30(28)40-32(18-12-24-42-40)38-34(46-4)20-10-22-36(38)48-26-44-2/h5-24H,25-26H2,1-4H3. The Morgan fingerprint density at radius 2 is 0.771 bits per heavy atom. The smallest absolute Gasteiger partial charge is 0.188 e. The van der Waals surface area contributed by atoms with E-state index in [9.17, 15) is 0 Å². The van der Waals surface area contributed by atoms with Crippen LogP contribution in [0.25, 0.3) is 55.9 Å². The Hall–Kier alpha value is -5.70. The molecule has 0 aliphatic carbocycles. The Kier molecular flexibility index (Phi) is 10.3. The quantitative estimate of drug-likeness (QED) is 0.116. The molecule has 0 bridgehead atoms. The van der Waals surface area contributed by atoms with Crippen LogP contribution in [0.3, 0.4) is 0 Å². The van der Waals surface area contributed by atoms with Crippen LogP contribution in [0.15, 0.2) is 122 Å². The minimum atomic E-state index is 0.0938. The molecule has 6 aromatic rings. The fourth-order valence-electron chi connectivity index (χ4n) is 5.87. The zero-order valence-corrected chi connectivity index (χ0v) is 27.3. The molecule has 0 atom stereocenters. The number of nitrogens with zero attached hydrogens (tertiary/aromatic N) is 2. The maximum absolute atomic E-state index is 6.01. The number of ether oxygens (including phenoxy) is 6. The number of hydrogen-bond acceptors (Lipinski definition) is 8. The first-order valence-electron chi connectivity index (χ1n) is 15.4. The van der Waals surface area contributed by atoms with Crippen LogP contribution < -0.4 is 18.9 Å². The van der Waals surface area contributed by atoms with Gasteiger partial charge in [0, 0.05) is 48.9 Å². The molecule has 0 saturated carbocycles. The average molecular weight is 641 g/mol. The van der Waals surface area contributed by atoms with Gasteiger partial charge in [0.25, 0.3) is 0 Å². The molecule has 0 radical (unpaired) electrons. The number of rotatable bonds is 13. The van der Waals surface area contributed by atoms with Gasteiger partial charge in [0.2, 0.25) is 0 Å². The van der Waals surface area contributed by atoms with Gasteiger partial charge in [-0.15, -0.1) is 0 Å². The largest absolute Gasteiger partial charge is 0.496 e. The van der Waals surface area contributed by atoms with Gasteiger partial charge in [-0.05, 0) is 47.5 Å². The second-order valence-electron chi connectivity index (χ2n) is 10.7.